The Morgan fingerprint density at radius 1 is 1.48 bits per heavy atom. The van der Waals surface area contributed by atoms with Gasteiger partial charge >= 0.3 is 0 Å². The summed E-state index contributed by atoms with van der Waals surface area (Å²) in [5.41, 5.74) is 1.74. The van der Waals surface area contributed by atoms with Gasteiger partial charge < -0.3 is 19.9 Å². The van der Waals surface area contributed by atoms with Gasteiger partial charge in [-0.2, -0.15) is 4.98 Å². The van der Waals surface area contributed by atoms with E-state index in [9.17, 15) is 4.79 Å². The van der Waals surface area contributed by atoms with Gasteiger partial charge in [-0.1, -0.05) is 11.2 Å². The molecule has 7 nitrogen and oxygen atoms in total. The smallest absolute Gasteiger partial charge is 0.262 e. The van der Waals surface area contributed by atoms with E-state index in [1.807, 2.05) is 25.1 Å². The van der Waals surface area contributed by atoms with E-state index in [2.05, 4.69) is 20.8 Å². The number of hydrogen-bond donors (Lipinski definition) is 2. The summed E-state index contributed by atoms with van der Waals surface area (Å²) in [6.07, 6.45) is 0. The van der Waals surface area contributed by atoms with Crippen molar-refractivity contribution in [3.63, 3.8) is 0 Å². The van der Waals surface area contributed by atoms with E-state index < -0.39 is 0 Å². The van der Waals surface area contributed by atoms with Gasteiger partial charge in [-0.25, -0.2) is 0 Å². The number of hydrogen-bond acceptors (Lipinski definition) is 6. The Morgan fingerprint density at radius 2 is 2.33 bits per heavy atom. The summed E-state index contributed by atoms with van der Waals surface area (Å²) < 4.78 is 10.3. The number of carbonyl (C=O) groups is 1. The number of nitrogens with one attached hydrogen (secondary N) is 2. The number of benzene rings is 1. The Labute approximate surface area is 121 Å². The molecule has 1 aromatic heterocycles. The van der Waals surface area contributed by atoms with Crippen LogP contribution in [-0.2, 0) is 11.3 Å². The van der Waals surface area contributed by atoms with E-state index in [1.54, 1.807) is 6.92 Å². The minimum absolute atomic E-state index is 0.0668. The lowest BCUT2D eigenvalue weighted by atomic mass is 10.1. The second-order valence-corrected chi connectivity index (χ2v) is 4.92. The number of fused-ring (bicyclic) bond motifs is 1. The molecular weight excluding hydrogens is 272 g/mol. The van der Waals surface area contributed by atoms with E-state index in [4.69, 9.17) is 9.26 Å². The second-order valence-electron chi connectivity index (χ2n) is 4.92. The number of anilines is 1. The summed E-state index contributed by atoms with van der Waals surface area (Å²) >= 11 is 0. The molecule has 0 saturated carbocycles. The molecule has 0 saturated heterocycles. The summed E-state index contributed by atoms with van der Waals surface area (Å²) in [4.78, 5) is 15.5. The number of aromatic nitrogens is 2. The molecule has 21 heavy (non-hydrogen) atoms. The van der Waals surface area contributed by atoms with Gasteiger partial charge in [0, 0.05) is 13.0 Å². The van der Waals surface area contributed by atoms with Crippen LogP contribution in [0.25, 0.3) is 0 Å². The molecular formula is C14H16N4O3. The maximum Gasteiger partial charge on any atom is 0.262 e. The minimum Gasteiger partial charge on any atom is -0.482 e. The van der Waals surface area contributed by atoms with Crippen LogP contribution in [0.1, 0.15) is 30.2 Å². The zero-order chi connectivity index (χ0) is 14.8. The molecule has 110 valence electrons. The lowest BCUT2D eigenvalue weighted by Crippen LogP contribution is -2.26. The molecule has 0 radical (unpaired) electrons. The van der Waals surface area contributed by atoms with Gasteiger partial charge in [0.25, 0.3) is 5.91 Å². The SMILES string of the molecule is Cc1nc(CNC(C)c2ccc3c(c2)NC(=O)CO3)no1. The van der Waals surface area contributed by atoms with Crippen LogP contribution in [0.3, 0.4) is 0 Å². The van der Waals surface area contributed by atoms with Crippen LogP contribution in [0.4, 0.5) is 5.69 Å². The summed E-state index contributed by atoms with van der Waals surface area (Å²) in [6, 6.07) is 5.81. The molecule has 2 N–H and O–H groups in total. The zero-order valence-corrected chi connectivity index (χ0v) is 11.8. The van der Waals surface area contributed by atoms with Crippen molar-refractivity contribution in [2.75, 3.05) is 11.9 Å². The molecule has 0 bridgehead atoms. The first kappa shape index (κ1) is 13.6. The molecule has 3 rings (SSSR count). The number of carbonyl (C=O) groups excluding carboxylic acids is 1. The summed E-state index contributed by atoms with van der Waals surface area (Å²) in [7, 11) is 0. The first-order valence-corrected chi connectivity index (χ1v) is 6.71. The zero-order valence-electron chi connectivity index (χ0n) is 11.8. The number of ether oxygens (including phenoxy) is 1. The van der Waals surface area contributed by atoms with E-state index in [0.29, 0.717) is 29.7 Å². The predicted molar refractivity (Wildman–Crippen MR) is 74.9 cm³/mol. The van der Waals surface area contributed by atoms with Crippen molar-refractivity contribution in [2.24, 2.45) is 0 Å². The van der Waals surface area contributed by atoms with Gasteiger partial charge in [-0.05, 0) is 24.6 Å². The topological polar surface area (TPSA) is 89.3 Å². The molecule has 0 aliphatic carbocycles. The number of nitrogens with zero attached hydrogens (tertiary/aromatic N) is 2. The molecule has 1 aliphatic rings. The average Bonchev–Trinajstić information content (AvgIpc) is 2.89. The van der Waals surface area contributed by atoms with Crippen molar-refractivity contribution in [1.29, 1.82) is 0 Å². The van der Waals surface area contributed by atoms with E-state index >= 15 is 0 Å². The lowest BCUT2D eigenvalue weighted by Gasteiger charge is -2.20. The van der Waals surface area contributed by atoms with Crippen molar-refractivity contribution in [3.8, 4) is 5.75 Å². The van der Waals surface area contributed by atoms with E-state index in [-0.39, 0.29) is 18.6 Å². The molecule has 1 aliphatic heterocycles. The van der Waals surface area contributed by atoms with Crippen molar-refractivity contribution >= 4 is 11.6 Å². The average molecular weight is 288 g/mol. The molecule has 1 atom stereocenters. The first-order chi connectivity index (χ1) is 10.1. The standard InChI is InChI=1S/C14H16N4O3/c1-8(15-6-13-16-9(2)21-18-13)10-3-4-12-11(5-10)17-14(19)7-20-12/h3-5,8,15H,6-7H2,1-2H3,(H,17,19). The Kier molecular flexibility index (Phi) is 3.57. The predicted octanol–water partition coefficient (Wildman–Crippen LogP) is 1.56. The maximum absolute atomic E-state index is 11.3. The van der Waals surface area contributed by atoms with Crippen LogP contribution in [0.15, 0.2) is 22.7 Å². The van der Waals surface area contributed by atoms with E-state index in [1.165, 1.54) is 0 Å². The molecule has 0 fully saturated rings. The molecule has 2 aromatic rings. The summed E-state index contributed by atoms with van der Waals surface area (Å²) in [5, 5.41) is 9.94. The monoisotopic (exact) mass is 288 g/mol. The Balaban J connectivity index is 1.68. The highest BCUT2D eigenvalue weighted by molar-refractivity contribution is 5.95. The van der Waals surface area contributed by atoms with Crippen LogP contribution in [0.5, 0.6) is 5.75 Å². The fourth-order valence-electron chi connectivity index (χ4n) is 2.15. The van der Waals surface area contributed by atoms with Gasteiger partial charge in [0.2, 0.25) is 5.89 Å². The highest BCUT2D eigenvalue weighted by Crippen LogP contribution is 2.30. The highest BCUT2D eigenvalue weighted by atomic mass is 16.5. The number of amides is 1. The van der Waals surface area contributed by atoms with Crippen molar-refractivity contribution in [2.45, 2.75) is 26.4 Å². The van der Waals surface area contributed by atoms with Crippen molar-refractivity contribution in [1.82, 2.24) is 15.5 Å². The van der Waals surface area contributed by atoms with Gasteiger partial charge in [-0.15, -0.1) is 0 Å². The third-order valence-corrected chi connectivity index (χ3v) is 3.27. The van der Waals surface area contributed by atoms with Crippen LogP contribution in [0, 0.1) is 6.92 Å². The molecule has 0 spiro atoms. The second kappa shape index (κ2) is 5.53. The Bertz CT molecular complexity index is 668. The van der Waals surface area contributed by atoms with Gasteiger partial charge in [0.05, 0.1) is 12.2 Å². The minimum atomic E-state index is -0.137. The third-order valence-electron chi connectivity index (χ3n) is 3.27. The van der Waals surface area contributed by atoms with Crippen LogP contribution in [-0.4, -0.2) is 22.7 Å². The highest BCUT2D eigenvalue weighted by Gasteiger charge is 2.17. The fourth-order valence-corrected chi connectivity index (χ4v) is 2.15. The molecule has 1 unspecified atom stereocenters. The van der Waals surface area contributed by atoms with Gasteiger partial charge in [-0.3, -0.25) is 4.79 Å². The first-order valence-electron chi connectivity index (χ1n) is 6.71. The molecule has 7 heteroatoms. The number of rotatable bonds is 4. The van der Waals surface area contributed by atoms with Gasteiger partial charge in [0.15, 0.2) is 12.4 Å². The van der Waals surface area contributed by atoms with Gasteiger partial charge in [0.1, 0.15) is 5.75 Å². The van der Waals surface area contributed by atoms with Crippen LogP contribution in [0.2, 0.25) is 0 Å². The normalized spacial score (nSPS) is 15.0. The Hall–Kier alpha value is -2.41. The number of aryl methyl sites for hydroxylation is 1. The van der Waals surface area contributed by atoms with Crippen molar-refractivity contribution in [3.05, 3.63) is 35.5 Å². The van der Waals surface area contributed by atoms with E-state index in [0.717, 1.165) is 5.56 Å². The van der Waals surface area contributed by atoms with Crippen molar-refractivity contribution < 1.29 is 14.1 Å². The summed E-state index contributed by atoms with van der Waals surface area (Å²) in [5.74, 6) is 1.73. The lowest BCUT2D eigenvalue weighted by molar-refractivity contribution is -0.118. The van der Waals surface area contributed by atoms with Crippen LogP contribution < -0.4 is 15.4 Å². The third kappa shape index (κ3) is 3.03. The Morgan fingerprint density at radius 3 is 3.10 bits per heavy atom. The fraction of sp³-hybridized carbons (Fsp3) is 0.357. The largest absolute Gasteiger partial charge is 0.482 e. The molecule has 1 amide bonds. The summed E-state index contributed by atoms with van der Waals surface area (Å²) in [6.45, 7) is 4.36. The molecule has 2 heterocycles. The van der Waals surface area contributed by atoms with Crippen LogP contribution >= 0.6 is 0 Å². The maximum atomic E-state index is 11.3. The molecule has 1 aromatic carbocycles. The quantitative estimate of drug-likeness (QED) is 0.887.